The van der Waals surface area contributed by atoms with Crippen molar-refractivity contribution >= 4 is 17.9 Å². The van der Waals surface area contributed by atoms with E-state index in [1.165, 1.54) is 19.3 Å². The summed E-state index contributed by atoms with van der Waals surface area (Å²) in [7, 11) is 0. The van der Waals surface area contributed by atoms with Gasteiger partial charge in [-0.15, -0.1) is 0 Å². The Morgan fingerprint density at radius 2 is 1.15 bits per heavy atom. The summed E-state index contributed by atoms with van der Waals surface area (Å²) in [4.78, 5) is 34.0. The summed E-state index contributed by atoms with van der Waals surface area (Å²) < 4.78 is 0.578. The van der Waals surface area contributed by atoms with E-state index in [1.807, 2.05) is 6.92 Å². The predicted molar refractivity (Wildman–Crippen MR) is 128 cm³/mol. The molecule has 0 heterocycles. The van der Waals surface area contributed by atoms with Crippen molar-refractivity contribution in [3.8, 4) is 0 Å². The lowest BCUT2D eigenvalue weighted by Gasteiger charge is -2.41. The van der Waals surface area contributed by atoms with E-state index in [2.05, 4.69) is 12.2 Å². The minimum atomic E-state index is -1.08. The van der Waals surface area contributed by atoms with Crippen LogP contribution in [-0.4, -0.2) is 58.8 Å². The van der Waals surface area contributed by atoms with Crippen LogP contribution in [0, 0.1) is 17.8 Å². The molecule has 7 nitrogen and oxygen atoms in total. The molecule has 0 aliphatic heterocycles. The molecule has 0 radical (unpaired) electrons. The SMILES string of the molecule is C/C=C/CCCCCCCC[N+](CCC(C)C(=O)[O-])(CCC(C)C(=O)O)CCC(C)C(=O)O. The van der Waals surface area contributed by atoms with Crippen LogP contribution in [0.2, 0.25) is 0 Å². The number of hydrogen-bond acceptors (Lipinski definition) is 4. The van der Waals surface area contributed by atoms with Gasteiger partial charge in [0.1, 0.15) is 0 Å². The molecule has 0 amide bonds. The molecule has 7 heteroatoms. The molecular weight excluding hydrogens is 422 g/mol. The van der Waals surface area contributed by atoms with Crippen molar-refractivity contribution < 1.29 is 34.2 Å². The number of aliphatic carboxylic acids is 3. The molecule has 0 rings (SSSR count). The Hall–Kier alpha value is -1.89. The lowest BCUT2D eigenvalue weighted by molar-refractivity contribution is -0.929. The molecule has 0 saturated carbocycles. The van der Waals surface area contributed by atoms with Crippen molar-refractivity contribution in [2.24, 2.45) is 17.8 Å². The summed E-state index contributed by atoms with van der Waals surface area (Å²) >= 11 is 0. The van der Waals surface area contributed by atoms with Crippen molar-refractivity contribution in [2.75, 3.05) is 26.2 Å². The fraction of sp³-hybridized carbons (Fsp3) is 0.808. The molecule has 192 valence electrons. The summed E-state index contributed by atoms with van der Waals surface area (Å²) in [5, 5.41) is 29.9. The molecule has 2 N–H and O–H groups in total. The molecule has 3 atom stereocenters. The van der Waals surface area contributed by atoms with Gasteiger partial charge in [-0.05, 0) is 32.6 Å². The lowest BCUT2D eigenvalue weighted by Crippen LogP contribution is -2.52. The Morgan fingerprint density at radius 1 is 0.727 bits per heavy atom. The van der Waals surface area contributed by atoms with Crippen LogP contribution in [0.25, 0.3) is 0 Å². The number of carboxylic acids is 3. The average Bonchev–Trinajstić information content (AvgIpc) is 2.77. The van der Waals surface area contributed by atoms with E-state index < -0.39 is 35.7 Å². The van der Waals surface area contributed by atoms with Crippen molar-refractivity contribution in [1.82, 2.24) is 0 Å². The molecule has 0 spiro atoms. The highest BCUT2D eigenvalue weighted by molar-refractivity contribution is 5.69. The van der Waals surface area contributed by atoms with Crippen LogP contribution in [0.15, 0.2) is 12.2 Å². The van der Waals surface area contributed by atoms with Gasteiger partial charge in [-0.2, -0.15) is 0 Å². The lowest BCUT2D eigenvalue weighted by atomic mass is 10.0. The van der Waals surface area contributed by atoms with Crippen LogP contribution in [0.3, 0.4) is 0 Å². The maximum atomic E-state index is 11.4. The van der Waals surface area contributed by atoms with Crippen molar-refractivity contribution in [1.29, 1.82) is 0 Å². The summed E-state index contributed by atoms with van der Waals surface area (Å²) in [6.45, 7) is 9.69. The van der Waals surface area contributed by atoms with Gasteiger partial charge in [0.25, 0.3) is 0 Å². The number of carbonyl (C=O) groups is 3. The molecule has 0 aromatic heterocycles. The number of rotatable bonds is 21. The first kappa shape index (κ1) is 31.1. The number of hydrogen-bond donors (Lipinski definition) is 2. The fourth-order valence-corrected chi connectivity index (χ4v) is 4.02. The first-order valence-electron chi connectivity index (χ1n) is 12.7. The number of carboxylic acid groups (broad SMARTS) is 3. The van der Waals surface area contributed by atoms with Crippen LogP contribution in [-0.2, 0) is 14.4 Å². The highest BCUT2D eigenvalue weighted by Crippen LogP contribution is 2.21. The van der Waals surface area contributed by atoms with Crippen LogP contribution in [0.1, 0.15) is 91.9 Å². The van der Waals surface area contributed by atoms with Gasteiger partial charge in [0.2, 0.25) is 0 Å². The van der Waals surface area contributed by atoms with Crippen LogP contribution < -0.4 is 5.11 Å². The zero-order valence-electron chi connectivity index (χ0n) is 21.3. The third kappa shape index (κ3) is 14.8. The van der Waals surface area contributed by atoms with Crippen LogP contribution in [0.5, 0.6) is 0 Å². The minimum absolute atomic E-state index is 0.441. The monoisotopic (exact) mass is 469 g/mol. The Labute approximate surface area is 200 Å². The van der Waals surface area contributed by atoms with Crippen molar-refractivity contribution in [2.45, 2.75) is 91.9 Å². The van der Waals surface area contributed by atoms with E-state index in [0.29, 0.717) is 43.4 Å². The van der Waals surface area contributed by atoms with Crippen molar-refractivity contribution in [3.63, 3.8) is 0 Å². The molecular formula is C26H47NO6. The number of allylic oxidation sites excluding steroid dienone is 2. The molecule has 0 saturated heterocycles. The summed E-state index contributed by atoms with van der Waals surface area (Å²) in [6.07, 6.45) is 13.6. The van der Waals surface area contributed by atoms with E-state index >= 15 is 0 Å². The molecule has 0 aromatic rings. The van der Waals surface area contributed by atoms with Crippen LogP contribution in [0.4, 0.5) is 0 Å². The number of quaternary nitrogens is 1. The molecule has 0 bridgehead atoms. The number of carbonyl (C=O) groups excluding carboxylic acids is 1. The molecule has 0 aliphatic rings. The van der Waals surface area contributed by atoms with Crippen LogP contribution >= 0.6 is 0 Å². The normalized spacial score (nSPS) is 16.2. The summed E-state index contributed by atoms with van der Waals surface area (Å²) in [6, 6.07) is 0. The minimum Gasteiger partial charge on any atom is -0.550 e. The first-order valence-corrected chi connectivity index (χ1v) is 12.7. The summed E-state index contributed by atoms with van der Waals surface area (Å²) in [5.41, 5.74) is 0. The molecule has 3 unspecified atom stereocenters. The topological polar surface area (TPSA) is 115 Å². The van der Waals surface area contributed by atoms with E-state index in [1.54, 1.807) is 20.8 Å². The predicted octanol–water partition coefficient (Wildman–Crippen LogP) is 4.11. The van der Waals surface area contributed by atoms with Gasteiger partial charge in [0.05, 0.1) is 38.0 Å². The van der Waals surface area contributed by atoms with Gasteiger partial charge in [0, 0.05) is 31.1 Å². The zero-order valence-corrected chi connectivity index (χ0v) is 21.3. The number of unbranched alkanes of at least 4 members (excludes halogenated alkanes) is 6. The maximum Gasteiger partial charge on any atom is 0.306 e. The second-order valence-electron chi connectivity index (χ2n) is 9.78. The highest BCUT2D eigenvalue weighted by atomic mass is 16.4. The standard InChI is InChI=1S/C26H47NO6/c1-5-6-7-8-9-10-11-12-13-17-27(18-14-21(2)24(28)29,19-15-22(3)25(30)31)20-16-23(4)26(32)33/h5-6,21-23H,7-20H2,1-4H3,(H2-,28,29,30,31,32,33)/b6-5+. The van der Waals surface area contributed by atoms with E-state index in [0.717, 1.165) is 32.2 Å². The highest BCUT2D eigenvalue weighted by Gasteiger charge is 2.30. The second kappa shape index (κ2) is 17.6. The van der Waals surface area contributed by atoms with Gasteiger partial charge < -0.3 is 24.6 Å². The molecule has 0 aliphatic carbocycles. The summed E-state index contributed by atoms with van der Waals surface area (Å²) in [5.74, 6) is -4.33. The van der Waals surface area contributed by atoms with E-state index in [4.69, 9.17) is 0 Å². The Balaban J connectivity index is 5.14. The third-order valence-electron chi connectivity index (χ3n) is 6.84. The van der Waals surface area contributed by atoms with Gasteiger partial charge >= 0.3 is 11.9 Å². The first-order chi connectivity index (χ1) is 15.5. The van der Waals surface area contributed by atoms with E-state index in [-0.39, 0.29) is 0 Å². The number of nitrogens with zero attached hydrogens (tertiary/aromatic N) is 1. The van der Waals surface area contributed by atoms with Gasteiger partial charge in [0.15, 0.2) is 0 Å². The van der Waals surface area contributed by atoms with Crippen molar-refractivity contribution in [3.05, 3.63) is 12.2 Å². The average molecular weight is 470 g/mol. The maximum absolute atomic E-state index is 11.4. The second-order valence-corrected chi connectivity index (χ2v) is 9.78. The molecule has 0 fully saturated rings. The Morgan fingerprint density at radius 3 is 1.58 bits per heavy atom. The third-order valence-corrected chi connectivity index (χ3v) is 6.84. The zero-order chi connectivity index (χ0) is 25.3. The van der Waals surface area contributed by atoms with Gasteiger partial charge in [-0.25, -0.2) is 0 Å². The van der Waals surface area contributed by atoms with Gasteiger partial charge in [-0.3, -0.25) is 9.59 Å². The Bertz CT molecular complexity index is 544. The molecule has 33 heavy (non-hydrogen) atoms. The molecule has 0 aromatic carbocycles. The van der Waals surface area contributed by atoms with E-state index in [9.17, 15) is 29.7 Å². The largest absolute Gasteiger partial charge is 0.550 e. The smallest absolute Gasteiger partial charge is 0.306 e. The van der Waals surface area contributed by atoms with Gasteiger partial charge in [-0.1, -0.05) is 52.2 Å². The quantitative estimate of drug-likeness (QED) is 0.149. The fourth-order valence-electron chi connectivity index (χ4n) is 4.02. The Kier molecular flexibility index (Phi) is 16.6.